The number of aliphatic hydroxyl groups is 1. The number of anilines is 1. The molecule has 0 aliphatic rings. The number of Topliss-reactive ketones (excluding diaryl/α,β-unsaturated/α-hetero) is 1. The molecule has 5 nitrogen and oxygen atoms in total. The molecule has 0 spiro atoms. The lowest BCUT2D eigenvalue weighted by atomic mass is 9.92. The predicted octanol–water partition coefficient (Wildman–Crippen LogP) is 3.12. The van der Waals surface area contributed by atoms with Crippen LogP contribution in [0.1, 0.15) is 22.3 Å². The highest BCUT2D eigenvalue weighted by molar-refractivity contribution is 5.98. The molecule has 0 saturated heterocycles. The Morgan fingerprint density at radius 3 is 2.04 bits per heavy atom. The molecule has 1 aromatic carbocycles. The van der Waals surface area contributed by atoms with Gasteiger partial charge in [-0.1, -0.05) is 12.1 Å². The first-order valence-electron chi connectivity index (χ1n) is 5.86. The largest absolute Gasteiger partial charge is 0.733 e. The summed E-state index contributed by atoms with van der Waals surface area (Å²) in [6.07, 6.45) is -14.6. The number of rotatable bonds is 4. The van der Waals surface area contributed by atoms with Gasteiger partial charge >= 0.3 is 12.4 Å². The van der Waals surface area contributed by atoms with Gasteiger partial charge in [0.2, 0.25) is 0 Å². The molecule has 0 aliphatic heterocycles. The Hall–Kier alpha value is -1.85. The zero-order valence-electron chi connectivity index (χ0n) is 11.4. The van der Waals surface area contributed by atoms with Gasteiger partial charge in [0.05, 0.1) is 12.1 Å². The van der Waals surface area contributed by atoms with E-state index in [0.29, 0.717) is 6.07 Å². The van der Waals surface area contributed by atoms with E-state index in [1.54, 1.807) is 0 Å². The average molecular weight is 346 g/mol. The Labute approximate surface area is 125 Å². The fourth-order valence-electron chi connectivity index (χ4n) is 1.68. The van der Waals surface area contributed by atoms with Crippen molar-refractivity contribution in [2.45, 2.75) is 31.3 Å². The van der Waals surface area contributed by atoms with Crippen LogP contribution < -0.4 is 5.23 Å². The Morgan fingerprint density at radius 2 is 1.65 bits per heavy atom. The lowest BCUT2D eigenvalue weighted by Crippen LogP contribution is -2.57. The molecule has 0 unspecified atom stereocenters. The highest BCUT2D eigenvalue weighted by atomic mass is 19.4. The van der Waals surface area contributed by atoms with E-state index in [-0.39, 0.29) is 5.56 Å². The van der Waals surface area contributed by atoms with Crippen molar-refractivity contribution in [1.82, 2.24) is 0 Å². The number of hydrogen-bond donors (Lipinski definition) is 2. The highest BCUT2D eigenvalue weighted by Crippen LogP contribution is 2.45. The minimum absolute atomic E-state index is 0.126. The zero-order valence-corrected chi connectivity index (χ0v) is 11.4. The minimum Gasteiger partial charge on any atom is -0.733 e. The fraction of sp³-hybridized carbons (Fsp3) is 0.417. The molecule has 0 aromatic heterocycles. The third-order valence-electron chi connectivity index (χ3n) is 3.09. The van der Waals surface area contributed by atoms with Gasteiger partial charge in [-0.15, -0.1) is 0 Å². The van der Waals surface area contributed by atoms with E-state index in [1.807, 2.05) is 0 Å². The van der Waals surface area contributed by atoms with Crippen LogP contribution in [0.3, 0.4) is 0 Å². The van der Waals surface area contributed by atoms with Crippen LogP contribution in [0.2, 0.25) is 0 Å². The Bertz CT molecular complexity index is 582. The van der Waals surface area contributed by atoms with Crippen molar-refractivity contribution in [3.05, 3.63) is 34.5 Å². The fourth-order valence-corrected chi connectivity index (χ4v) is 1.68. The second-order valence-corrected chi connectivity index (χ2v) is 4.73. The normalized spacial score (nSPS) is 13.1. The molecular weight excluding hydrogens is 336 g/mol. The lowest BCUT2D eigenvalue weighted by Gasteiger charge is -2.31. The molecule has 0 aliphatic carbocycles. The van der Waals surface area contributed by atoms with E-state index in [0.717, 1.165) is 12.1 Å². The molecule has 11 heteroatoms. The van der Waals surface area contributed by atoms with E-state index < -0.39 is 46.6 Å². The van der Waals surface area contributed by atoms with Crippen LogP contribution in [0.5, 0.6) is 0 Å². The minimum atomic E-state index is -6.13. The standard InChI is InChI=1S/C12H10F6NO4/c1-6-2-3-7(4-8(6)19(22)23)9(20)5-10(21,11(13,14)15)12(16,17)18/h2-4,21-22H,5H2,1H3/q-1. The summed E-state index contributed by atoms with van der Waals surface area (Å²) < 4.78 is 75.2. The SMILES string of the molecule is Cc1ccc(C(=O)CC(O)(C(F)(F)F)C(F)(F)F)cc1N([O-])O. The molecule has 0 radical (unpaired) electrons. The molecule has 1 aromatic rings. The predicted molar refractivity (Wildman–Crippen MR) is 64.8 cm³/mol. The van der Waals surface area contributed by atoms with Gasteiger partial charge in [-0.3, -0.25) is 10.0 Å². The topological polar surface area (TPSA) is 83.8 Å². The molecule has 0 heterocycles. The average Bonchev–Trinajstić information content (AvgIpc) is 2.35. The van der Waals surface area contributed by atoms with Crippen LogP contribution >= 0.6 is 0 Å². The molecule has 0 amide bonds. The van der Waals surface area contributed by atoms with Gasteiger partial charge in [0.1, 0.15) is 0 Å². The summed E-state index contributed by atoms with van der Waals surface area (Å²) in [5.74, 6) is -1.70. The molecule has 0 bridgehead atoms. The first-order chi connectivity index (χ1) is 10.2. The number of aryl methyl sites for hydroxylation is 1. The van der Waals surface area contributed by atoms with Crippen molar-refractivity contribution in [3.63, 3.8) is 0 Å². The van der Waals surface area contributed by atoms with E-state index in [1.165, 1.54) is 6.92 Å². The number of benzene rings is 1. The number of halogens is 6. The molecular formula is C12H10F6NO4-. The van der Waals surface area contributed by atoms with E-state index in [9.17, 15) is 36.3 Å². The summed E-state index contributed by atoms with van der Waals surface area (Å²) in [5, 5.41) is 27.8. The Morgan fingerprint density at radius 1 is 1.17 bits per heavy atom. The second-order valence-electron chi connectivity index (χ2n) is 4.73. The number of ketones is 1. The summed E-state index contributed by atoms with van der Waals surface area (Å²) >= 11 is 0. The van der Waals surface area contributed by atoms with Gasteiger partial charge in [-0.2, -0.15) is 26.3 Å². The van der Waals surface area contributed by atoms with Crippen LogP contribution in [-0.2, 0) is 0 Å². The zero-order chi connectivity index (χ0) is 18.2. The van der Waals surface area contributed by atoms with Crippen molar-refractivity contribution in [3.8, 4) is 0 Å². The number of nitrogens with zero attached hydrogens (tertiary/aromatic N) is 1. The van der Waals surface area contributed by atoms with Crippen molar-refractivity contribution in [2.75, 3.05) is 5.23 Å². The van der Waals surface area contributed by atoms with Crippen LogP contribution in [-0.4, -0.2) is 34.1 Å². The Kier molecular flexibility index (Phi) is 4.99. The van der Waals surface area contributed by atoms with Gasteiger partial charge in [0, 0.05) is 5.56 Å². The summed E-state index contributed by atoms with van der Waals surface area (Å²) in [7, 11) is 0. The van der Waals surface area contributed by atoms with Gasteiger partial charge < -0.3 is 15.5 Å². The van der Waals surface area contributed by atoms with Gasteiger partial charge in [-0.05, 0) is 18.6 Å². The molecule has 23 heavy (non-hydrogen) atoms. The molecule has 2 N–H and O–H groups in total. The maximum Gasteiger partial charge on any atom is 0.426 e. The van der Waals surface area contributed by atoms with E-state index >= 15 is 0 Å². The van der Waals surface area contributed by atoms with Crippen molar-refractivity contribution >= 4 is 11.5 Å². The van der Waals surface area contributed by atoms with Gasteiger partial charge in [0.15, 0.2) is 5.78 Å². The van der Waals surface area contributed by atoms with Crippen molar-refractivity contribution in [1.29, 1.82) is 0 Å². The maximum atomic E-state index is 12.5. The van der Waals surface area contributed by atoms with Crippen molar-refractivity contribution in [2.24, 2.45) is 0 Å². The van der Waals surface area contributed by atoms with Crippen LogP contribution in [0, 0.1) is 12.1 Å². The van der Waals surface area contributed by atoms with Gasteiger partial charge in [-0.25, -0.2) is 0 Å². The molecule has 0 fully saturated rings. The summed E-state index contributed by atoms with van der Waals surface area (Å²) in [6.45, 7) is 1.31. The van der Waals surface area contributed by atoms with Gasteiger partial charge in [0.25, 0.3) is 5.60 Å². The number of alkyl halides is 6. The summed E-state index contributed by atoms with van der Waals surface area (Å²) in [4.78, 5) is 11.7. The molecule has 1 rings (SSSR count). The first-order valence-corrected chi connectivity index (χ1v) is 5.86. The molecule has 0 saturated carbocycles. The van der Waals surface area contributed by atoms with E-state index in [2.05, 4.69) is 0 Å². The number of carbonyl (C=O) groups is 1. The summed E-state index contributed by atoms with van der Waals surface area (Å²) in [6, 6.07) is 2.54. The molecule has 130 valence electrons. The monoisotopic (exact) mass is 346 g/mol. The third kappa shape index (κ3) is 3.74. The second kappa shape index (κ2) is 5.98. The first kappa shape index (κ1) is 19.2. The highest BCUT2D eigenvalue weighted by Gasteiger charge is 2.70. The number of carbonyl (C=O) groups excluding carboxylic acids is 1. The van der Waals surface area contributed by atoms with Crippen molar-refractivity contribution < 1.29 is 41.5 Å². The van der Waals surface area contributed by atoms with Crippen LogP contribution in [0.25, 0.3) is 0 Å². The maximum absolute atomic E-state index is 12.5. The molecule has 0 atom stereocenters. The number of hydrogen-bond acceptors (Lipinski definition) is 5. The summed E-state index contributed by atoms with van der Waals surface area (Å²) in [5.41, 5.74) is -6.33. The smallest absolute Gasteiger partial charge is 0.426 e. The quantitative estimate of drug-likeness (QED) is 0.497. The van der Waals surface area contributed by atoms with E-state index in [4.69, 9.17) is 10.3 Å². The van der Waals surface area contributed by atoms with Crippen LogP contribution in [0.15, 0.2) is 18.2 Å². The Balaban J connectivity index is 3.23. The van der Waals surface area contributed by atoms with Crippen LogP contribution in [0.4, 0.5) is 32.0 Å². The third-order valence-corrected chi connectivity index (χ3v) is 3.09. The lowest BCUT2D eigenvalue weighted by molar-refractivity contribution is -0.365.